The van der Waals surface area contributed by atoms with Crippen LogP contribution in [0.15, 0.2) is 121 Å². The van der Waals surface area contributed by atoms with Crippen LogP contribution in [0.3, 0.4) is 0 Å². The van der Waals surface area contributed by atoms with Crippen molar-refractivity contribution in [3.8, 4) is 22.3 Å². The molecule has 6 aromatic carbocycles. The number of hydrogen-bond acceptors (Lipinski definition) is 5. The van der Waals surface area contributed by atoms with Crippen molar-refractivity contribution in [2.24, 2.45) is 0 Å². The molecule has 2 N–H and O–H groups in total. The monoisotopic (exact) mass is 796 g/mol. The molecule has 6 aromatic rings. The Morgan fingerprint density at radius 1 is 0.448 bits per heavy atom. The zero-order valence-corrected chi connectivity index (χ0v) is 36.0. The normalized spacial score (nSPS) is 11.6. The van der Waals surface area contributed by atoms with Gasteiger partial charge >= 0.3 is 8.25 Å². The SMILES string of the molecule is CCCCCCc1ccc(-c2ccc(CNCCCO[PH](=O)OCCCNCc3ccc(-c4ccc(CCCCCC)cc4)c4ccccc34)c3ccccc23)cc1. The first-order chi connectivity index (χ1) is 28.6. The van der Waals surface area contributed by atoms with Gasteiger partial charge in [-0.3, -0.25) is 4.57 Å². The van der Waals surface area contributed by atoms with Gasteiger partial charge in [-0.05, 0) is 118 Å². The predicted molar refractivity (Wildman–Crippen MR) is 248 cm³/mol. The molecule has 6 heteroatoms. The average Bonchev–Trinajstić information content (AvgIpc) is 3.27. The fourth-order valence-corrected chi connectivity index (χ4v) is 8.65. The van der Waals surface area contributed by atoms with Gasteiger partial charge in [0.1, 0.15) is 0 Å². The third-order valence-corrected chi connectivity index (χ3v) is 12.1. The zero-order valence-electron chi connectivity index (χ0n) is 35.0. The minimum absolute atomic E-state index is 0.406. The standard InChI is InChI=1S/C52H65N2O3P/c1-3-5-7-9-17-41-23-27-43(28-24-41)49-33-31-45(47-19-11-13-21-51(47)49)39-53-35-15-37-56-58(55)57-38-16-36-54-40-46-32-34-50(52-22-14-12-20-48(46)52)44-29-25-42(26-30-44)18-10-8-6-4-2/h11-14,19-34,53-54,58H,3-10,15-18,35-40H2,1-2H3. The van der Waals surface area contributed by atoms with Crippen molar-refractivity contribution in [1.29, 1.82) is 0 Å². The average molecular weight is 797 g/mol. The van der Waals surface area contributed by atoms with Gasteiger partial charge in [0.25, 0.3) is 0 Å². The third-order valence-electron chi connectivity index (χ3n) is 11.3. The highest BCUT2D eigenvalue weighted by atomic mass is 31.1. The Hall–Kier alpha value is -4.09. The number of nitrogens with one attached hydrogen (secondary N) is 2. The van der Waals surface area contributed by atoms with Crippen LogP contribution in [-0.4, -0.2) is 26.3 Å². The molecule has 0 aliphatic rings. The Labute approximate surface area is 348 Å². The van der Waals surface area contributed by atoms with Crippen LogP contribution >= 0.6 is 8.25 Å². The summed E-state index contributed by atoms with van der Waals surface area (Å²) in [4.78, 5) is 0. The van der Waals surface area contributed by atoms with Crippen molar-refractivity contribution in [3.63, 3.8) is 0 Å². The van der Waals surface area contributed by atoms with E-state index in [9.17, 15) is 4.57 Å². The van der Waals surface area contributed by atoms with Gasteiger partial charge in [-0.15, -0.1) is 0 Å². The maximum absolute atomic E-state index is 12.4. The van der Waals surface area contributed by atoms with E-state index >= 15 is 0 Å². The highest BCUT2D eigenvalue weighted by molar-refractivity contribution is 7.33. The van der Waals surface area contributed by atoms with Gasteiger partial charge in [-0.25, -0.2) is 0 Å². The first kappa shape index (κ1) is 43.5. The van der Waals surface area contributed by atoms with Crippen LogP contribution in [0.4, 0.5) is 0 Å². The second-order valence-corrected chi connectivity index (χ2v) is 16.7. The number of fused-ring (bicyclic) bond motifs is 2. The van der Waals surface area contributed by atoms with E-state index in [2.05, 4.69) is 146 Å². The predicted octanol–water partition coefficient (Wildman–Crippen LogP) is 13.7. The van der Waals surface area contributed by atoms with Gasteiger partial charge in [-0.2, -0.15) is 0 Å². The maximum Gasteiger partial charge on any atom is 0.319 e. The van der Waals surface area contributed by atoms with Gasteiger partial charge in [0, 0.05) is 13.1 Å². The van der Waals surface area contributed by atoms with Crippen LogP contribution in [0, 0.1) is 0 Å². The Morgan fingerprint density at radius 3 is 1.28 bits per heavy atom. The van der Waals surface area contributed by atoms with Crippen LogP contribution in [0.25, 0.3) is 43.8 Å². The molecular weight excluding hydrogens is 732 g/mol. The molecule has 0 unspecified atom stereocenters. The van der Waals surface area contributed by atoms with Crippen LogP contribution < -0.4 is 10.6 Å². The van der Waals surface area contributed by atoms with E-state index in [1.54, 1.807) is 0 Å². The molecule has 0 saturated heterocycles. The van der Waals surface area contributed by atoms with Crippen LogP contribution in [0.5, 0.6) is 0 Å². The van der Waals surface area contributed by atoms with Crippen molar-refractivity contribution < 1.29 is 13.6 Å². The largest absolute Gasteiger partial charge is 0.319 e. The molecule has 0 aromatic heterocycles. The molecular formula is C52H65N2O3P. The fraction of sp³-hybridized carbons (Fsp3) is 0.385. The molecule has 0 atom stereocenters. The number of aryl methyl sites for hydroxylation is 2. The molecule has 0 bridgehead atoms. The van der Waals surface area contributed by atoms with E-state index < -0.39 is 8.25 Å². The lowest BCUT2D eigenvalue weighted by atomic mass is 9.94. The molecule has 0 aliphatic heterocycles. The van der Waals surface area contributed by atoms with Gasteiger partial charge in [0.15, 0.2) is 0 Å². The summed E-state index contributed by atoms with van der Waals surface area (Å²) < 4.78 is 23.5. The van der Waals surface area contributed by atoms with E-state index in [0.29, 0.717) is 13.2 Å². The molecule has 0 saturated carbocycles. The summed E-state index contributed by atoms with van der Waals surface area (Å²) in [5.41, 5.74) is 10.5. The van der Waals surface area contributed by atoms with Gasteiger partial charge in [0.05, 0.1) is 13.2 Å². The Bertz CT molecular complexity index is 2000. The number of unbranched alkanes of at least 4 members (excludes halogenated alkanes) is 6. The minimum Gasteiger partial charge on any atom is -0.313 e. The molecule has 0 radical (unpaired) electrons. The molecule has 5 nitrogen and oxygen atoms in total. The molecule has 0 amide bonds. The second-order valence-electron chi connectivity index (χ2n) is 15.7. The summed E-state index contributed by atoms with van der Waals surface area (Å²) >= 11 is 0. The molecule has 0 heterocycles. The van der Waals surface area contributed by atoms with Crippen molar-refractivity contribution in [2.45, 2.75) is 104 Å². The van der Waals surface area contributed by atoms with Gasteiger partial charge < -0.3 is 19.7 Å². The highest BCUT2D eigenvalue weighted by Crippen LogP contribution is 2.33. The minimum atomic E-state index is -2.51. The van der Waals surface area contributed by atoms with Gasteiger partial charge in [-0.1, -0.05) is 174 Å². The Balaban J connectivity index is 0.866. The molecule has 0 spiro atoms. The summed E-state index contributed by atoms with van der Waals surface area (Å²) in [5, 5.41) is 12.2. The van der Waals surface area contributed by atoms with E-state index in [0.717, 1.165) is 51.9 Å². The maximum atomic E-state index is 12.4. The topological polar surface area (TPSA) is 59.6 Å². The summed E-state index contributed by atoms with van der Waals surface area (Å²) in [6, 6.07) is 44.7. The highest BCUT2D eigenvalue weighted by Gasteiger charge is 2.10. The summed E-state index contributed by atoms with van der Waals surface area (Å²) in [6.45, 7) is 8.42. The molecule has 58 heavy (non-hydrogen) atoms. The first-order valence-electron chi connectivity index (χ1n) is 22.1. The fourth-order valence-electron chi connectivity index (χ4n) is 7.94. The Morgan fingerprint density at radius 2 is 0.862 bits per heavy atom. The second kappa shape index (κ2) is 24.1. The lowest BCUT2D eigenvalue weighted by molar-refractivity contribution is 0.221. The van der Waals surface area contributed by atoms with Crippen LogP contribution in [0.1, 0.15) is 100 Å². The number of rotatable bonds is 26. The van der Waals surface area contributed by atoms with Crippen molar-refractivity contribution in [3.05, 3.63) is 144 Å². The van der Waals surface area contributed by atoms with Crippen LogP contribution in [0.2, 0.25) is 0 Å². The van der Waals surface area contributed by atoms with E-state index in [1.165, 1.54) is 117 Å². The molecule has 0 aliphatic carbocycles. The summed E-state index contributed by atoms with van der Waals surface area (Å²) in [7, 11) is -2.51. The molecule has 0 fully saturated rings. The summed E-state index contributed by atoms with van der Waals surface area (Å²) in [6.07, 6.45) is 14.2. The van der Waals surface area contributed by atoms with E-state index in [-0.39, 0.29) is 0 Å². The van der Waals surface area contributed by atoms with E-state index in [1.807, 2.05) is 0 Å². The zero-order chi connectivity index (χ0) is 40.2. The van der Waals surface area contributed by atoms with Crippen molar-refractivity contribution in [1.82, 2.24) is 10.6 Å². The van der Waals surface area contributed by atoms with Crippen molar-refractivity contribution >= 4 is 29.8 Å². The third kappa shape index (κ3) is 13.0. The first-order valence-corrected chi connectivity index (χ1v) is 23.3. The Kier molecular flexibility index (Phi) is 18.1. The lowest BCUT2D eigenvalue weighted by Gasteiger charge is -2.13. The number of benzene rings is 6. The van der Waals surface area contributed by atoms with Gasteiger partial charge in [0.2, 0.25) is 0 Å². The summed E-state index contributed by atoms with van der Waals surface area (Å²) in [5.74, 6) is 0. The lowest BCUT2D eigenvalue weighted by Crippen LogP contribution is -2.16. The number of hydrogen-bond donors (Lipinski definition) is 2. The quantitative estimate of drug-likeness (QED) is 0.0423. The van der Waals surface area contributed by atoms with E-state index in [4.69, 9.17) is 9.05 Å². The molecule has 6 rings (SSSR count). The van der Waals surface area contributed by atoms with Crippen LogP contribution in [-0.2, 0) is 39.5 Å². The molecule has 306 valence electrons. The van der Waals surface area contributed by atoms with Crippen molar-refractivity contribution in [2.75, 3.05) is 26.3 Å². The smallest absolute Gasteiger partial charge is 0.313 e.